The van der Waals surface area contributed by atoms with Gasteiger partial charge in [-0.15, -0.1) is 0 Å². The summed E-state index contributed by atoms with van der Waals surface area (Å²) in [6.07, 6.45) is 2.04. The molecule has 1 N–H and O–H groups in total. The molecule has 0 aliphatic carbocycles. The number of hydrogen-bond donors (Lipinski definition) is 1. The van der Waals surface area contributed by atoms with Crippen LogP contribution < -0.4 is 0 Å². The van der Waals surface area contributed by atoms with E-state index in [9.17, 15) is 9.90 Å². The van der Waals surface area contributed by atoms with Gasteiger partial charge in [-0.2, -0.15) is 0 Å². The molecule has 0 aliphatic rings. The van der Waals surface area contributed by atoms with Gasteiger partial charge >= 0.3 is 5.97 Å². The van der Waals surface area contributed by atoms with Crippen molar-refractivity contribution in [2.75, 3.05) is 0 Å². The van der Waals surface area contributed by atoms with E-state index in [4.69, 9.17) is 4.74 Å². The smallest absolute Gasteiger partial charge is 0.311 e. The molecule has 0 fully saturated rings. The first kappa shape index (κ1) is 14.4. The van der Waals surface area contributed by atoms with Crippen molar-refractivity contribution in [2.24, 2.45) is 5.92 Å². The molecule has 90 valence electrons. The fourth-order valence-corrected chi connectivity index (χ4v) is 1.22. The van der Waals surface area contributed by atoms with E-state index in [1.807, 2.05) is 20.8 Å². The molecule has 0 bridgehead atoms. The fourth-order valence-electron chi connectivity index (χ4n) is 1.22. The van der Waals surface area contributed by atoms with Gasteiger partial charge in [-0.25, -0.2) is 0 Å². The summed E-state index contributed by atoms with van der Waals surface area (Å²) in [4.78, 5) is 11.6. The van der Waals surface area contributed by atoms with Crippen molar-refractivity contribution in [1.82, 2.24) is 0 Å². The Morgan fingerprint density at radius 2 is 1.93 bits per heavy atom. The van der Waals surface area contributed by atoms with Gasteiger partial charge in [-0.05, 0) is 34.1 Å². The fraction of sp³-hybridized carbons (Fsp3) is 0.917. The molecular weight excluding hydrogens is 192 g/mol. The van der Waals surface area contributed by atoms with E-state index >= 15 is 0 Å². The van der Waals surface area contributed by atoms with Crippen LogP contribution in [0.25, 0.3) is 0 Å². The molecule has 3 heteroatoms. The first-order valence-electron chi connectivity index (χ1n) is 5.69. The van der Waals surface area contributed by atoms with Gasteiger partial charge < -0.3 is 9.84 Å². The van der Waals surface area contributed by atoms with E-state index in [1.165, 1.54) is 0 Å². The summed E-state index contributed by atoms with van der Waals surface area (Å²) in [6.45, 7) is 9.27. The van der Waals surface area contributed by atoms with Crippen LogP contribution in [0.15, 0.2) is 0 Å². The molecule has 0 aliphatic heterocycles. The highest BCUT2D eigenvalue weighted by Crippen LogP contribution is 2.16. The summed E-state index contributed by atoms with van der Waals surface area (Å²) in [7, 11) is 0. The van der Waals surface area contributed by atoms with Crippen molar-refractivity contribution in [2.45, 2.75) is 65.6 Å². The molecule has 0 spiro atoms. The highest BCUT2D eigenvalue weighted by Gasteiger charge is 2.26. The molecule has 0 aromatic carbocycles. The van der Waals surface area contributed by atoms with E-state index in [-0.39, 0.29) is 5.97 Å². The van der Waals surface area contributed by atoms with E-state index in [1.54, 1.807) is 6.92 Å². The first-order valence-corrected chi connectivity index (χ1v) is 5.69. The maximum absolute atomic E-state index is 11.6. The van der Waals surface area contributed by atoms with Gasteiger partial charge in [0.25, 0.3) is 0 Å². The molecule has 0 aromatic rings. The molecular formula is C12H24O3. The number of carbonyl (C=O) groups excluding carboxylic acids is 1. The van der Waals surface area contributed by atoms with Crippen LogP contribution in [0.5, 0.6) is 0 Å². The molecule has 0 saturated heterocycles. The van der Waals surface area contributed by atoms with Crippen LogP contribution in [0.3, 0.4) is 0 Å². The quantitative estimate of drug-likeness (QED) is 0.718. The third-order valence-corrected chi connectivity index (χ3v) is 2.21. The predicted molar refractivity (Wildman–Crippen MR) is 60.5 cm³/mol. The monoisotopic (exact) mass is 216 g/mol. The molecule has 2 unspecified atom stereocenters. The van der Waals surface area contributed by atoms with Crippen LogP contribution in [-0.2, 0) is 9.53 Å². The third kappa shape index (κ3) is 6.50. The normalized spacial score (nSPS) is 15.9. The highest BCUT2D eigenvalue weighted by atomic mass is 16.6. The lowest BCUT2D eigenvalue weighted by Gasteiger charge is -2.24. The largest absolute Gasteiger partial charge is 0.460 e. The standard InChI is InChI=1S/C12H24O3/c1-6-7-8-10(13)9(2)11(14)15-12(3,4)5/h9-10,13H,6-8H2,1-5H3. The Kier molecular flexibility index (Phi) is 5.88. The molecule has 0 amide bonds. The third-order valence-electron chi connectivity index (χ3n) is 2.21. The zero-order valence-corrected chi connectivity index (χ0v) is 10.5. The zero-order valence-electron chi connectivity index (χ0n) is 10.5. The number of unbranched alkanes of at least 4 members (excludes halogenated alkanes) is 1. The van der Waals surface area contributed by atoms with Crippen molar-refractivity contribution < 1.29 is 14.6 Å². The van der Waals surface area contributed by atoms with Crippen molar-refractivity contribution in [1.29, 1.82) is 0 Å². The maximum Gasteiger partial charge on any atom is 0.311 e. The average molecular weight is 216 g/mol. The minimum Gasteiger partial charge on any atom is -0.460 e. The maximum atomic E-state index is 11.6. The topological polar surface area (TPSA) is 46.5 Å². The Morgan fingerprint density at radius 3 is 2.33 bits per heavy atom. The minimum absolute atomic E-state index is 0.314. The molecule has 3 nitrogen and oxygen atoms in total. The Morgan fingerprint density at radius 1 is 1.40 bits per heavy atom. The Labute approximate surface area is 92.8 Å². The molecule has 0 radical (unpaired) electrons. The summed E-state index contributed by atoms with van der Waals surface area (Å²) >= 11 is 0. The second kappa shape index (κ2) is 6.11. The van der Waals surface area contributed by atoms with Gasteiger partial charge in [0.1, 0.15) is 5.60 Å². The molecule has 0 saturated carbocycles. The number of aliphatic hydroxyl groups excluding tert-OH is 1. The van der Waals surface area contributed by atoms with Gasteiger partial charge in [0, 0.05) is 0 Å². The molecule has 15 heavy (non-hydrogen) atoms. The lowest BCUT2D eigenvalue weighted by molar-refractivity contribution is -0.163. The number of ether oxygens (including phenoxy) is 1. The van der Waals surface area contributed by atoms with Crippen LogP contribution in [0, 0.1) is 5.92 Å². The van der Waals surface area contributed by atoms with Crippen molar-refractivity contribution in [3.63, 3.8) is 0 Å². The van der Waals surface area contributed by atoms with Crippen LogP contribution in [0.1, 0.15) is 53.9 Å². The number of esters is 1. The number of aliphatic hydroxyl groups is 1. The van der Waals surface area contributed by atoms with E-state index in [0.717, 1.165) is 12.8 Å². The van der Waals surface area contributed by atoms with Crippen LogP contribution in [-0.4, -0.2) is 22.8 Å². The van der Waals surface area contributed by atoms with Crippen molar-refractivity contribution in [3.05, 3.63) is 0 Å². The molecule has 0 rings (SSSR count). The highest BCUT2D eigenvalue weighted by molar-refractivity contribution is 5.73. The van der Waals surface area contributed by atoms with Crippen LogP contribution >= 0.6 is 0 Å². The average Bonchev–Trinajstić information content (AvgIpc) is 2.10. The van der Waals surface area contributed by atoms with E-state index in [2.05, 4.69) is 6.92 Å². The second-order valence-corrected chi connectivity index (χ2v) is 5.03. The number of rotatable bonds is 5. The molecule has 2 atom stereocenters. The summed E-state index contributed by atoms with van der Waals surface area (Å²) in [5.74, 6) is -0.748. The Balaban J connectivity index is 4.08. The van der Waals surface area contributed by atoms with Crippen LogP contribution in [0.2, 0.25) is 0 Å². The number of carbonyl (C=O) groups is 1. The number of hydrogen-bond acceptors (Lipinski definition) is 3. The molecule has 0 aromatic heterocycles. The lowest BCUT2D eigenvalue weighted by atomic mass is 9.99. The molecule has 0 heterocycles. The van der Waals surface area contributed by atoms with Crippen LogP contribution in [0.4, 0.5) is 0 Å². The second-order valence-electron chi connectivity index (χ2n) is 5.03. The van der Waals surface area contributed by atoms with Gasteiger partial charge in [0.2, 0.25) is 0 Å². The van der Waals surface area contributed by atoms with Gasteiger partial charge in [-0.3, -0.25) is 4.79 Å². The van der Waals surface area contributed by atoms with E-state index in [0.29, 0.717) is 6.42 Å². The van der Waals surface area contributed by atoms with Gasteiger partial charge in [-0.1, -0.05) is 19.8 Å². The summed E-state index contributed by atoms with van der Waals surface area (Å²) in [6, 6.07) is 0. The Bertz CT molecular complexity index is 194. The summed E-state index contributed by atoms with van der Waals surface area (Å²) < 4.78 is 5.20. The summed E-state index contributed by atoms with van der Waals surface area (Å²) in [5.41, 5.74) is -0.476. The van der Waals surface area contributed by atoms with Crippen molar-refractivity contribution in [3.8, 4) is 0 Å². The summed E-state index contributed by atoms with van der Waals surface area (Å²) in [5, 5.41) is 9.72. The zero-order chi connectivity index (χ0) is 12.1. The minimum atomic E-state index is -0.584. The Hall–Kier alpha value is -0.570. The van der Waals surface area contributed by atoms with Crippen molar-refractivity contribution >= 4 is 5.97 Å². The SMILES string of the molecule is CCCCC(O)C(C)C(=O)OC(C)(C)C. The first-order chi connectivity index (χ1) is 6.78. The predicted octanol–water partition coefficient (Wildman–Crippen LogP) is 2.52. The van der Waals surface area contributed by atoms with E-state index < -0.39 is 17.6 Å². The van der Waals surface area contributed by atoms with Gasteiger partial charge in [0.15, 0.2) is 0 Å². The van der Waals surface area contributed by atoms with Gasteiger partial charge in [0.05, 0.1) is 12.0 Å². The lowest BCUT2D eigenvalue weighted by Crippen LogP contribution is -2.33.